The molecule has 1 N–H and O–H groups in total. The minimum absolute atomic E-state index is 0.0102. The molecule has 1 heterocycles. The molecule has 0 spiro atoms. The molecule has 0 aliphatic carbocycles. The fraction of sp³-hybridized carbons (Fsp3) is 0.316. The Morgan fingerprint density at radius 1 is 1.29 bits per heavy atom. The zero-order valence-electron chi connectivity index (χ0n) is 13.4. The van der Waals surface area contributed by atoms with E-state index in [0.29, 0.717) is 30.8 Å². The third-order valence-electron chi connectivity index (χ3n) is 4.42. The number of halogens is 1. The Kier molecular flexibility index (Phi) is 4.79. The highest BCUT2D eigenvalue weighted by atomic mass is 19.1. The maximum atomic E-state index is 13.2. The van der Waals surface area contributed by atoms with Gasteiger partial charge in [0.25, 0.3) is 0 Å². The smallest absolute Gasteiger partial charge is 0.123 e. The lowest BCUT2D eigenvalue weighted by Crippen LogP contribution is -2.24. The van der Waals surface area contributed by atoms with Gasteiger partial charge in [-0.2, -0.15) is 5.26 Å². The molecule has 1 saturated heterocycles. The molecule has 0 saturated carbocycles. The summed E-state index contributed by atoms with van der Waals surface area (Å²) in [6, 6.07) is 13.9. The molecular weight excluding hydrogens is 307 g/mol. The van der Waals surface area contributed by atoms with Gasteiger partial charge in [0, 0.05) is 24.7 Å². The van der Waals surface area contributed by atoms with Gasteiger partial charge in [0.15, 0.2) is 0 Å². The standard InChI is InChI=1S/C19H19FN2O2/c1-24-19-7-2-13(10-21)8-15(19)11-22-12-17(23)9-18(22)14-3-5-16(20)6-4-14/h2-8,17-18,23H,9,11-12H2,1H3/t17-,18-/m0/s1. The van der Waals surface area contributed by atoms with Gasteiger partial charge in [-0.1, -0.05) is 12.1 Å². The quantitative estimate of drug-likeness (QED) is 0.938. The minimum Gasteiger partial charge on any atom is -0.496 e. The average Bonchev–Trinajstić information content (AvgIpc) is 2.95. The molecular formula is C19H19FN2O2. The van der Waals surface area contributed by atoms with Gasteiger partial charge in [-0.05, 0) is 42.3 Å². The third kappa shape index (κ3) is 3.40. The Balaban J connectivity index is 1.87. The van der Waals surface area contributed by atoms with Gasteiger partial charge in [0.1, 0.15) is 11.6 Å². The van der Waals surface area contributed by atoms with E-state index in [1.54, 1.807) is 31.4 Å². The first-order chi connectivity index (χ1) is 11.6. The topological polar surface area (TPSA) is 56.5 Å². The lowest BCUT2D eigenvalue weighted by Gasteiger charge is -2.25. The molecule has 2 aromatic carbocycles. The first-order valence-electron chi connectivity index (χ1n) is 7.85. The van der Waals surface area contributed by atoms with Gasteiger partial charge in [-0.25, -0.2) is 4.39 Å². The molecule has 5 heteroatoms. The summed E-state index contributed by atoms with van der Waals surface area (Å²) >= 11 is 0. The van der Waals surface area contributed by atoms with Crippen LogP contribution in [-0.4, -0.2) is 29.8 Å². The van der Waals surface area contributed by atoms with Crippen LogP contribution in [-0.2, 0) is 6.54 Å². The summed E-state index contributed by atoms with van der Waals surface area (Å²) in [4.78, 5) is 2.14. The summed E-state index contributed by atoms with van der Waals surface area (Å²) < 4.78 is 18.6. The Hall–Kier alpha value is -2.42. The normalized spacial score (nSPS) is 20.8. The van der Waals surface area contributed by atoms with Crippen LogP contribution in [0.15, 0.2) is 42.5 Å². The third-order valence-corrected chi connectivity index (χ3v) is 4.42. The van der Waals surface area contributed by atoms with Crippen molar-refractivity contribution in [2.45, 2.75) is 25.1 Å². The van der Waals surface area contributed by atoms with E-state index in [0.717, 1.165) is 11.1 Å². The zero-order chi connectivity index (χ0) is 17.1. The van der Waals surface area contributed by atoms with E-state index < -0.39 is 6.10 Å². The molecule has 0 amide bonds. The molecule has 2 aromatic rings. The molecule has 0 bridgehead atoms. The van der Waals surface area contributed by atoms with Crippen molar-refractivity contribution >= 4 is 0 Å². The fourth-order valence-corrected chi connectivity index (χ4v) is 3.28. The van der Waals surface area contributed by atoms with Gasteiger partial charge in [-0.15, -0.1) is 0 Å². The van der Waals surface area contributed by atoms with E-state index >= 15 is 0 Å². The fourth-order valence-electron chi connectivity index (χ4n) is 3.28. The van der Waals surface area contributed by atoms with Crippen molar-refractivity contribution in [3.8, 4) is 11.8 Å². The van der Waals surface area contributed by atoms with Crippen LogP contribution in [0.2, 0.25) is 0 Å². The van der Waals surface area contributed by atoms with Crippen molar-refractivity contribution in [3.63, 3.8) is 0 Å². The van der Waals surface area contributed by atoms with Crippen LogP contribution in [0.25, 0.3) is 0 Å². The average molecular weight is 326 g/mol. The maximum absolute atomic E-state index is 13.2. The lowest BCUT2D eigenvalue weighted by atomic mass is 10.0. The van der Waals surface area contributed by atoms with Crippen molar-refractivity contribution < 1.29 is 14.2 Å². The van der Waals surface area contributed by atoms with Gasteiger partial charge >= 0.3 is 0 Å². The van der Waals surface area contributed by atoms with Gasteiger partial charge in [0.2, 0.25) is 0 Å². The predicted molar refractivity (Wildman–Crippen MR) is 87.9 cm³/mol. The summed E-state index contributed by atoms with van der Waals surface area (Å²) in [5.41, 5.74) is 2.45. The number of likely N-dealkylation sites (tertiary alicyclic amines) is 1. The van der Waals surface area contributed by atoms with Gasteiger partial charge in [-0.3, -0.25) is 4.90 Å². The van der Waals surface area contributed by atoms with Crippen LogP contribution < -0.4 is 4.74 Å². The minimum atomic E-state index is -0.426. The lowest BCUT2D eigenvalue weighted by molar-refractivity contribution is 0.172. The van der Waals surface area contributed by atoms with Crippen molar-refractivity contribution in [2.75, 3.05) is 13.7 Å². The maximum Gasteiger partial charge on any atom is 0.123 e. The highest BCUT2D eigenvalue weighted by molar-refractivity contribution is 5.42. The zero-order valence-corrected chi connectivity index (χ0v) is 13.4. The number of β-amino-alcohol motifs (C(OH)–C–C–N with tert-alkyl or cyclic N) is 1. The molecule has 4 nitrogen and oxygen atoms in total. The molecule has 124 valence electrons. The van der Waals surface area contributed by atoms with Crippen molar-refractivity contribution in [3.05, 3.63) is 65.0 Å². The molecule has 0 unspecified atom stereocenters. The van der Waals surface area contributed by atoms with Gasteiger partial charge in [0.05, 0.1) is 24.8 Å². The Morgan fingerprint density at radius 3 is 2.71 bits per heavy atom. The molecule has 1 aliphatic heterocycles. The second-order valence-corrected chi connectivity index (χ2v) is 6.02. The second kappa shape index (κ2) is 7.00. The van der Waals surface area contributed by atoms with Crippen molar-refractivity contribution in [1.29, 1.82) is 5.26 Å². The molecule has 3 rings (SSSR count). The van der Waals surface area contributed by atoms with Crippen LogP contribution in [0.4, 0.5) is 4.39 Å². The van der Waals surface area contributed by atoms with E-state index in [1.807, 2.05) is 6.07 Å². The molecule has 1 aliphatic rings. The monoisotopic (exact) mass is 326 g/mol. The SMILES string of the molecule is COc1ccc(C#N)cc1CN1C[C@@H](O)C[C@H]1c1ccc(F)cc1. The summed E-state index contributed by atoms with van der Waals surface area (Å²) in [5, 5.41) is 19.2. The van der Waals surface area contributed by atoms with Crippen molar-refractivity contribution in [1.82, 2.24) is 4.90 Å². The summed E-state index contributed by atoms with van der Waals surface area (Å²) in [6.45, 7) is 1.08. The van der Waals surface area contributed by atoms with Gasteiger partial charge < -0.3 is 9.84 Å². The molecule has 2 atom stereocenters. The Morgan fingerprint density at radius 2 is 2.04 bits per heavy atom. The number of hydrogen-bond donors (Lipinski definition) is 1. The first kappa shape index (κ1) is 16.4. The summed E-state index contributed by atoms with van der Waals surface area (Å²) in [5.74, 6) is 0.445. The largest absolute Gasteiger partial charge is 0.496 e. The number of hydrogen-bond acceptors (Lipinski definition) is 4. The first-order valence-corrected chi connectivity index (χ1v) is 7.85. The number of benzene rings is 2. The highest BCUT2D eigenvalue weighted by Gasteiger charge is 2.32. The number of rotatable bonds is 4. The van der Waals surface area contributed by atoms with Crippen LogP contribution >= 0.6 is 0 Å². The van der Waals surface area contributed by atoms with Crippen LogP contribution in [0, 0.1) is 17.1 Å². The Bertz CT molecular complexity index is 755. The van der Waals surface area contributed by atoms with E-state index in [9.17, 15) is 9.50 Å². The summed E-state index contributed by atoms with van der Waals surface area (Å²) in [6.07, 6.45) is 0.177. The predicted octanol–water partition coefficient (Wildman–Crippen LogP) is 3.01. The number of aliphatic hydroxyl groups excluding tert-OH is 1. The number of aliphatic hydroxyl groups is 1. The van der Waals surface area contributed by atoms with E-state index in [1.165, 1.54) is 12.1 Å². The second-order valence-electron chi connectivity index (χ2n) is 6.02. The molecule has 1 fully saturated rings. The van der Waals surface area contributed by atoms with Crippen LogP contribution in [0.5, 0.6) is 5.75 Å². The molecule has 0 radical (unpaired) electrons. The summed E-state index contributed by atoms with van der Waals surface area (Å²) in [7, 11) is 1.60. The van der Waals surface area contributed by atoms with Crippen LogP contribution in [0.1, 0.15) is 29.2 Å². The highest BCUT2D eigenvalue weighted by Crippen LogP contribution is 2.35. The number of ether oxygens (including phenoxy) is 1. The number of nitriles is 1. The molecule has 24 heavy (non-hydrogen) atoms. The van der Waals surface area contributed by atoms with Crippen LogP contribution in [0.3, 0.4) is 0 Å². The Labute approximate surface area is 140 Å². The van der Waals surface area contributed by atoms with E-state index in [2.05, 4.69) is 11.0 Å². The van der Waals surface area contributed by atoms with E-state index in [4.69, 9.17) is 10.00 Å². The number of methoxy groups -OCH3 is 1. The number of nitrogens with zero attached hydrogens (tertiary/aromatic N) is 2. The van der Waals surface area contributed by atoms with E-state index in [-0.39, 0.29) is 11.9 Å². The molecule has 0 aromatic heterocycles. The van der Waals surface area contributed by atoms with Crippen molar-refractivity contribution in [2.24, 2.45) is 0 Å².